The largest absolute Gasteiger partial charge is 0.465 e. The number of benzene rings is 2. The van der Waals surface area contributed by atoms with Crippen molar-refractivity contribution in [2.75, 3.05) is 7.11 Å². The van der Waals surface area contributed by atoms with Crippen molar-refractivity contribution in [3.63, 3.8) is 0 Å². The van der Waals surface area contributed by atoms with Crippen LogP contribution in [0.1, 0.15) is 31.8 Å². The molecule has 0 amide bonds. The topological polar surface area (TPSA) is 43.4 Å². The van der Waals surface area contributed by atoms with Gasteiger partial charge in [-0.2, -0.15) is 0 Å². The molecule has 3 heteroatoms. The highest BCUT2D eigenvalue weighted by Gasteiger charge is 2.27. The molecule has 1 aliphatic rings. The lowest BCUT2D eigenvalue weighted by molar-refractivity contribution is 0.0600. The van der Waals surface area contributed by atoms with Crippen LogP contribution in [-0.2, 0) is 17.6 Å². The highest BCUT2D eigenvalue weighted by Crippen LogP contribution is 2.29. The maximum Gasteiger partial charge on any atom is 0.337 e. The second kappa shape index (κ2) is 5.52. The van der Waals surface area contributed by atoms with Crippen LogP contribution in [0.2, 0.25) is 0 Å². The minimum atomic E-state index is -0.387. The summed E-state index contributed by atoms with van der Waals surface area (Å²) >= 11 is 0. The average Bonchev–Trinajstić information content (AvgIpc) is 2.97. The first-order chi connectivity index (χ1) is 10.2. The number of esters is 1. The second-order valence-electron chi connectivity index (χ2n) is 5.31. The van der Waals surface area contributed by atoms with Crippen LogP contribution < -0.4 is 0 Å². The Morgan fingerprint density at radius 2 is 1.43 bits per heavy atom. The third kappa shape index (κ3) is 2.59. The molecular formula is C18H16O3. The van der Waals surface area contributed by atoms with E-state index in [0.29, 0.717) is 11.1 Å². The summed E-state index contributed by atoms with van der Waals surface area (Å²) in [7, 11) is 1.34. The third-order valence-electron chi connectivity index (χ3n) is 4.01. The Morgan fingerprint density at radius 3 is 1.95 bits per heavy atom. The second-order valence-corrected chi connectivity index (χ2v) is 5.31. The van der Waals surface area contributed by atoms with E-state index < -0.39 is 0 Å². The number of Topliss-reactive ketones (excluding diaryl/α,β-unsaturated/α-hetero) is 1. The number of methoxy groups -OCH3 is 1. The van der Waals surface area contributed by atoms with Crippen LogP contribution in [0, 0.1) is 5.92 Å². The molecule has 0 saturated heterocycles. The van der Waals surface area contributed by atoms with Gasteiger partial charge in [0.1, 0.15) is 0 Å². The quantitative estimate of drug-likeness (QED) is 0.641. The number of ether oxygens (including phenoxy) is 1. The van der Waals surface area contributed by atoms with Crippen LogP contribution in [0.3, 0.4) is 0 Å². The van der Waals surface area contributed by atoms with Crippen LogP contribution >= 0.6 is 0 Å². The van der Waals surface area contributed by atoms with Crippen LogP contribution in [-0.4, -0.2) is 18.9 Å². The lowest BCUT2D eigenvalue weighted by Gasteiger charge is -2.08. The molecule has 0 fully saturated rings. The summed E-state index contributed by atoms with van der Waals surface area (Å²) in [4.78, 5) is 23.9. The van der Waals surface area contributed by atoms with Gasteiger partial charge in [-0.15, -0.1) is 0 Å². The lowest BCUT2D eigenvalue weighted by atomic mass is 9.94. The maximum absolute atomic E-state index is 12.5. The van der Waals surface area contributed by atoms with Gasteiger partial charge in [0.15, 0.2) is 5.78 Å². The van der Waals surface area contributed by atoms with Crippen molar-refractivity contribution in [1.29, 1.82) is 0 Å². The smallest absolute Gasteiger partial charge is 0.337 e. The van der Waals surface area contributed by atoms with Gasteiger partial charge in [-0.05, 0) is 36.1 Å². The molecule has 0 unspecified atom stereocenters. The van der Waals surface area contributed by atoms with E-state index in [1.165, 1.54) is 18.2 Å². The average molecular weight is 280 g/mol. The molecule has 0 radical (unpaired) electrons. The van der Waals surface area contributed by atoms with E-state index >= 15 is 0 Å². The van der Waals surface area contributed by atoms with E-state index in [9.17, 15) is 9.59 Å². The van der Waals surface area contributed by atoms with Crippen LogP contribution in [0.5, 0.6) is 0 Å². The standard InChI is InChI=1S/C18H16O3/c1-21-18(20)13-8-6-12(7-9-13)17(19)16-10-14-4-2-3-5-15(14)11-16/h2-9,16H,10-11H2,1H3. The molecule has 0 N–H and O–H groups in total. The minimum absolute atomic E-state index is 0.00590. The number of rotatable bonds is 3. The number of carbonyl (C=O) groups is 2. The SMILES string of the molecule is COC(=O)c1ccc(C(=O)C2Cc3ccccc3C2)cc1. The summed E-state index contributed by atoms with van der Waals surface area (Å²) < 4.78 is 4.65. The Bertz CT molecular complexity index is 661. The number of carbonyl (C=O) groups excluding carboxylic acids is 2. The first-order valence-electron chi connectivity index (χ1n) is 6.98. The van der Waals surface area contributed by atoms with Crippen molar-refractivity contribution in [3.05, 3.63) is 70.8 Å². The van der Waals surface area contributed by atoms with Gasteiger partial charge in [0.25, 0.3) is 0 Å². The molecule has 1 aliphatic carbocycles. The summed E-state index contributed by atoms with van der Waals surface area (Å²) in [5.74, 6) is -0.240. The van der Waals surface area contributed by atoms with E-state index in [0.717, 1.165) is 12.8 Å². The monoisotopic (exact) mass is 280 g/mol. The maximum atomic E-state index is 12.5. The Morgan fingerprint density at radius 1 is 0.905 bits per heavy atom. The summed E-state index contributed by atoms with van der Waals surface area (Å²) in [6.45, 7) is 0. The molecular weight excluding hydrogens is 264 g/mol. The molecule has 0 aromatic heterocycles. The normalized spacial score (nSPS) is 13.8. The fraction of sp³-hybridized carbons (Fsp3) is 0.222. The summed E-state index contributed by atoms with van der Waals surface area (Å²) in [6, 6.07) is 14.9. The molecule has 3 rings (SSSR count). The molecule has 0 aliphatic heterocycles. The van der Waals surface area contributed by atoms with Crippen molar-refractivity contribution < 1.29 is 14.3 Å². The predicted molar refractivity (Wildman–Crippen MR) is 79.5 cm³/mol. The van der Waals surface area contributed by atoms with Gasteiger partial charge in [-0.3, -0.25) is 4.79 Å². The van der Waals surface area contributed by atoms with E-state index in [-0.39, 0.29) is 17.7 Å². The van der Waals surface area contributed by atoms with Gasteiger partial charge in [0, 0.05) is 11.5 Å². The molecule has 0 heterocycles. The highest BCUT2D eigenvalue weighted by molar-refractivity contribution is 5.99. The van der Waals surface area contributed by atoms with Crippen LogP contribution in [0.25, 0.3) is 0 Å². The molecule has 0 bridgehead atoms. The van der Waals surface area contributed by atoms with Gasteiger partial charge in [-0.1, -0.05) is 36.4 Å². The molecule has 2 aromatic rings. The third-order valence-corrected chi connectivity index (χ3v) is 4.01. The minimum Gasteiger partial charge on any atom is -0.465 e. The molecule has 0 saturated carbocycles. The first kappa shape index (κ1) is 13.6. The zero-order valence-corrected chi connectivity index (χ0v) is 11.8. The van der Waals surface area contributed by atoms with E-state index in [4.69, 9.17) is 0 Å². The van der Waals surface area contributed by atoms with Gasteiger partial charge in [0.05, 0.1) is 12.7 Å². The van der Waals surface area contributed by atoms with Crippen LogP contribution in [0.15, 0.2) is 48.5 Å². The Labute approximate surface area is 123 Å². The van der Waals surface area contributed by atoms with Gasteiger partial charge in [0.2, 0.25) is 0 Å². The molecule has 3 nitrogen and oxygen atoms in total. The van der Waals surface area contributed by atoms with E-state index in [1.807, 2.05) is 12.1 Å². The van der Waals surface area contributed by atoms with Crippen molar-refractivity contribution >= 4 is 11.8 Å². The summed E-state index contributed by atoms with van der Waals surface area (Å²) in [5, 5.41) is 0. The molecule has 21 heavy (non-hydrogen) atoms. The van der Waals surface area contributed by atoms with Crippen molar-refractivity contribution in [2.24, 2.45) is 5.92 Å². The van der Waals surface area contributed by atoms with Gasteiger partial charge in [-0.25, -0.2) is 4.79 Å². The Balaban J connectivity index is 1.76. The lowest BCUT2D eigenvalue weighted by Crippen LogP contribution is -2.15. The fourth-order valence-electron chi connectivity index (χ4n) is 2.87. The molecule has 0 atom stereocenters. The molecule has 2 aromatic carbocycles. The Kier molecular flexibility index (Phi) is 3.57. The van der Waals surface area contributed by atoms with Gasteiger partial charge >= 0.3 is 5.97 Å². The van der Waals surface area contributed by atoms with Gasteiger partial charge < -0.3 is 4.74 Å². The number of hydrogen-bond acceptors (Lipinski definition) is 3. The first-order valence-corrected chi connectivity index (χ1v) is 6.98. The van der Waals surface area contributed by atoms with Crippen LogP contribution in [0.4, 0.5) is 0 Å². The zero-order valence-electron chi connectivity index (χ0n) is 11.8. The summed E-state index contributed by atoms with van der Waals surface area (Å²) in [6.07, 6.45) is 1.60. The Hall–Kier alpha value is -2.42. The number of ketones is 1. The predicted octanol–water partition coefficient (Wildman–Crippen LogP) is 3.07. The fourth-order valence-corrected chi connectivity index (χ4v) is 2.87. The zero-order chi connectivity index (χ0) is 14.8. The summed E-state index contributed by atoms with van der Waals surface area (Å²) in [5.41, 5.74) is 3.65. The highest BCUT2D eigenvalue weighted by atomic mass is 16.5. The van der Waals surface area contributed by atoms with E-state index in [2.05, 4.69) is 16.9 Å². The number of hydrogen-bond donors (Lipinski definition) is 0. The molecule has 0 spiro atoms. The van der Waals surface area contributed by atoms with Crippen molar-refractivity contribution in [2.45, 2.75) is 12.8 Å². The number of fused-ring (bicyclic) bond motifs is 1. The van der Waals surface area contributed by atoms with Crippen molar-refractivity contribution in [3.8, 4) is 0 Å². The molecule has 106 valence electrons. The van der Waals surface area contributed by atoms with E-state index in [1.54, 1.807) is 24.3 Å². The van der Waals surface area contributed by atoms with Crippen molar-refractivity contribution in [1.82, 2.24) is 0 Å².